The summed E-state index contributed by atoms with van der Waals surface area (Å²) in [5, 5.41) is 0.634. The van der Waals surface area contributed by atoms with E-state index < -0.39 is 10.0 Å². The number of rotatable bonds is 5. The molecule has 1 saturated carbocycles. The quantitative estimate of drug-likeness (QED) is 0.536. The Kier molecular flexibility index (Phi) is 3.86. The second-order valence-electron chi connectivity index (χ2n) is 7.33. The molecule has 3 aromatic heterocycles. The van der Waals surface area contributed by atoms with Gasteiger partial charge in [-0.1, -0.05) is 0 Å². The van der Waals surface area contributed by atoms with E-state index in [1.54, 1.807) is 38.4 Å². The Hall–Kier alpha value is -3.07. The van der Waals surface area contributed by atoms with Crippen LogP contribution in [0.25, 0.3) is 33.2 Å². The zero-order valence-electron chi connectivity index (χ0n) is 15.9. The Balaban J connectivity index is 1.81. The van der Waals surface area contributed by atoms with Crippen molar-refractivity contribution in [2.24, 2.45) is 7.05 Å². The molecule has 3 heterocycles. The average Bonchev–Trinajstić information content (AvgIpc) is 3.25. The first-order chi connectivity index (χ1) is 13.9. The Morgan fingerprint density at radius 1 is 1.24 bits per heavy atom. The third-order valence-electron chi connectivity index (χ3n) is 5.17. The van der Waals surface area contributed by atoms with Crippen LogP contribution in [-0.2, 0) is 17.1 Å². The van der Waals surface area contributed by atoms with Gasteiger partial charge in [-0.3, -0.25) is 9.52 Å². The third-order valence-corrected chi connectivity index (χ3v) is 6.48. The Morgan fingerprint density at radius 2 is 2.03 bits per heavy atom. The second-order valence-corrected chi connectivity index (χ2v) is 9.34. The number of hydrogen-bond donors (Lipinski definition) is 1. The van der Waals surface area contributed by atoms with Crippen LogP contribution < -0.4 is 10.3 Å². The molecule has 0 amide bonds. The molecule has 1 aliphatic carbocycles. The predicted octanol–water partition coefficient (Wildman–Crippen LogP) is 3.58. The van der Waals surface area contributed by atoms with Gasteiger partial charge in [-0.2, -0.15) is 0 Å². The third kappa shape index (κ3) is 3.02. The molecule has 1 aliphatic rings. The highest BCUT2D eigenvalue weighted by Gasteiger charge is 2.30. The van der Waals surface area contributed by atoms with E-state index in [-0.39, 0.29) is 16.9 Å². The second kappa shape index (κ2) is 6.21. The Morgan fingerprint density at radius 3 is 2.76 bits per heavy atom. The standard InChI is InChI=1S/C20H19N3O5S/c1-3-29(25,26)22-12-8-14(17-16(9-12)21-19(28-17)11-4-5-11)15-10-23(2)20(24)18-13(15)6-7-27-18/h6-11,22H,3-5H2,1-2H3. The molecule has 0 atom stereocenters. The van der Waals surface area contributed by atoms with Gasteiger partial charge in [0, 0.05) is 35.7 Å². The van der Waals surface area contributed by atoms with Crippen LogP contribution in [0.2, 0.25) is 0 Å². The van der Waals surface area contributed by atoms with Crippen molar-refractivity contribution in [3.05, 3.63) is 46.9 Å². The Bertz CT molecular complexity index is 1420. The summed E-state index contributed by atoms with van der Waals surface area (Å²) >= 11 is 0. The number of aryl methyl sites for hydroxylation is 1. The molecule has 0 bridgehead atoms. The molecule has 5 rings (SSSR count). The fourth-order valence-corrected chi connectivity index (χ4v) is 4.07. The summed E-state index contributed by atoms with van der Waals surface area (Å²) in [4.78, 5) is 17.0. The molecule has 1 aromatic carbocycles. The van der Waals surface area contributed by atoms with E-state index >= 15 is 0 Å². The first kappa shape index (κ1) is 18.0. The van der Waals surface area contributed by atoms with Crippen molar-refractivity contribution >= 4 is 37.8 Å². The number of fused-ring (bicyclic) bond motifs is 2. The van der Waals surface area contributed by atoms with Crippen molar-refractivity contribution in [3.63, 3.8) is 0 Å². The molecule has 4 aromatic rings. The maximum atomic E-state index is 12.4. The van der Waals surface area contributed by atoms with Crippen LogP contribution in [0, 0.1) is 0 Å². The average molecular weight is 413 g/mol. The van der Waals surface area contributed by atoms with Crippen LogP contribution >= 0.6 is 0 Å². The maximum Gasteiger partial charge on any atom is 0.293 e. The fourth-order valence-electron chi connectivity index (χ4n) is 3.45. The van der Waals surface area contributed by atoms with Crippen molar-refractivity contribution in [1.29, 1.82) is 0 Å². The van der Waals surface area contributed by atoms with Gasteiger partial charge < -0.3 is 13.4 Å². The van der Waals surface area contributed by atoms with Gasteiger partial charge in [-0.05, 0) is 38.0 Å². The zero-order valence-corrected chi connectivity index (χ0v) is 16.7. The number of hydrogen-bond acceptors (Lipinski definition) is 6. The minimum atomic E-state index is -3.47. The molecular formula is C20H19N3O5S. The summed E-state index contributed by atoms with van der Waals surface area (Å²) in [6.45, 7) is 1.57. The largest absolute Gasteiger partial charge is 0.458 e. The number of aromatic nitrogens is 2. The number of anilines is 1. The van der Waals surface area contributed by atoms with Crippen LogP contribution in [0.4, 0.5) is 5.69 Å². The maximum absolute atomic E-state index is 12.4. The fraction of sp³-hybridized carbons (Fsp3) is 0.300. The number of sulfonamides is 1. The van der Waals surface area contributed by atoms with E-state index in [0.29, 0.717) is 45.1 Å². The van der Waals surface area contributed by atoms with Crippen LogP contribution in [-0.4, -0.2) is 23.7 Å². The highest BCUT2D eigenvalue weighted by molar-refractivity contribution is 7.92. The van der Waals surface area contributed by atoms with Gasteiger partial charge in [0.1, 0.15) is 5.52 Å². The number of pyridine rings is 1. The van der Waals surface area contributed by atoms with Gasteiger partial charge in [-0.25, -0.2) is 13.4 Å². The van der Waals surface area contributed by atoms with E-state index in [1.165, 1.54) is 10.8 Å². The first-order valence-electron chi connectivity index (χ1n) is 9.38. The van der Waals surface area contributed by atoms with E-state index in [1.807, 2.05) is 0 Å². The van der Waals surface area contributed by atoms with E-state index in [2.05, 4.69) is 9.71 Å². The van der Waals surface area contributed by atoms with E-state index in [4.69, 9.17) is 8.83 Å². The van der Waals surface area contributed by atoms with Gasteiger partial charge in [0.2, 0.25) is 10.0 Å². The van der Waals surface area contributed by atoms with E-state index in [0.717, 1.165) is 12.8 Å². The lowest BCUT2D eigenvalue weighted by Gasteiger charge is -2.10. The van der Waals surface area contributed by atoms with Gasteiger partial charge in [0.05, 0.1) is 17.7 Å². The molecule has 0 saturated heterocycles. The van der Waals surface area contributed by atoms with Crippen molar-refractivity contribution in [2.45, 2.75) is 25.7 Å². The summed E-state index contributed by atoms with van der Waals surface area (Å²) < 4.78 is 39.8. The molecule has 8 nitrogen and oxygen atoms in total. The van der Waals surface area contributed by atoms with E-state index in [9.17, 15) is 13.2 Å². The van der Waals surface area contributed by atoms with Crippen molar-refractivity contribution in [2.75, 3.05) is 10.5 Å². The molecule has 150 valence electrons. The van der Waals surface area contributed by atoms with Crippen molar-refractivity contribution in [3.8, 4) is 11.1 Å². The van der Waals surface area contributed by atoms with Crippen LogP contribution in [0.5, 0.6) is 0 Å². The summed E-state index contributed by atoms with van der Waals surface area (Å²) in [6, 6.07) is 5.11. The van der Waals surface area contributed by atoms with Crippen LogP contribution in [0.15, 0.2) is 44.3 Å². The highest BCUT2D eigenvalue weighted by Crippen LogP contribution is 2.43. The van der Waals surface area contributed by atoms with Crippen molar-refractivity contribution < 1.29 is 17.3 Å². The number of furan rings is 1. The van der Waals surface area contributed by atoms with Crippen molar-refractivity contribution in [1.82, 2.24) is 9.55 Å². The zero-order chi connectivity index (χ0) is 20.3. The van der Waals surface area contributed by atoms with Gasteiger partial charge in [0.25, 0.3) is 5.56 Å². The van der Waals surface area contributed by atoms with Crippen LogP contribution in [0.1, 0.15) is 31.6 Å². The summed E-state index contributed by atoms with van der Waals surface area (Å²) in [5.41, 5.74) is 2.88. The summed E-state index contributed by atoms with van der Waals surface area (Å²) in [7, 11) is -1.82. The molecule has 0 aliphatic heterocycles. The lowest BCUT2D eigenvalue weighted by Crippen LogP contribution is -2.16. The number of nitrogens with one attached hydrogen (secondary N) is 1. The topological polar surface area (TPSA) is 107 Å². The van der Waals surface area contributed by atoms with Gasteiger partial charge in [0.15, 0.2) is 17.1 Å². The molecular weight excluding hydrogens is 394 g/mol. The van der Waals surface area contributed by atoms with Gasteiger partial charge in [-0.15, -0.1) is 0 Å². The summed E-state index contributed by atoms with van der Waals surface area (Å²) in [5.74, 6) is 0.920. The highest BCUT2D eigenvalue weighted by atomic mass is 32.2. The minimum absolute atomic E-state index is 0.0433. The number of nitrogens with zero attached hydrogens (tertiary/aromatic N) is 2. The predicted molar refractivity (Wildman–Crippen MR) is 110 cm³/mol. The molecule has 1 N–H and O–H groups in total. The Labute approximate surface area is 166 Å². The lowest BCUT2D eigenvalue weighted by molar-refractivity contribution is 0.534. The number of oxazole rings is 1. The molecule has 0 unspecified atom stereocenters. The molecule has 0 spiro atoms. The first-order valence-corrected chi connectivity index (χ1v) is 11.0. The monoisotopic (exact) mass is 413 g/mol. The molecule has 1 fully saturated rings. The normalized spacial score (nSPS) is 14.7. The van der Waals surface area contributed by atoms with Crippen LogP contribution in [0.3, 0.4) is 0 Å². The number of benzene rings is 1. The smallest absolute Gasteiger partial charge is 0.293 e. The summed E-state index contributed by atoms with van der Waals surface area (Å²) in [6.07, 6.45) is 5.23. The SMILES string of the molecule is CCS(=O)(=O)Nc1cc(-c2cn(C)c(=O)c3occc23)c2oc(C3CC3)nc2c1. The minimum Gasteiger partial charge on any atom is -0.458 e. The molecule has 29 heavy (non-hydrogen) atoms. The molecule has 9 heteroatoms. The lowest BCUT2D eigenvalue weighted by atomic mass is 10.0. The van der Waals surface area contributed by atoms with Gasteiger partial charge >= 0.3 is 0 Å². The molecule has 0 radical (unpaired) electrons.